The van der Waals surface area contributed by atoms with Crippen molar-refractivity contribution in [2.45, 2.75) is 19.0 Å². The average molecular weight is 150 g/mol. The average Bonchev–Trinajstić information content (AvgIpc) is 1.79. The summed E-state index contributed by atoms with van der Waals surface area (Å²) in [5, 5.41) is 17.3. The van der Waals surface area contributed by atoms with E-state index in [0.29, 0.717) is 0 Å². The van der Waals surface area contributed by atoms with Crippen molar-refractivity contribution in [3.8, 4) is 0 Å². The van der Waals surface area contributed by atoms with E-state index in [1.165, 1.54) is 6.92 Å². The van der Waals surface area contributed by atoms with Gasteiger partial charge in [0, 0.05) is 0 Å². The van der Waals surface area contributed by atoms with Gasteiger partial charge in [-0.25, -0.2) is 0 Å². The second-order valence-corrected chi connectivity index (χ2v) is 2.71. The number of rotatable bonds is 0. The lowest BCUT2D eigenvalue weighted by Gasteiger charge is -2.15. The van der Waals surface area contributed by atoms with Crippen LogP contribution in [0.15, 0.2) is 0 Å². The summed E-state index contributed by atoms with van der Waals surface area (Å²) >= 11 is 0. The van der Waals surface area contributed by atoms with Crippen molar-refractivity contribution in [3.63, 3.8) is 0 Å². The van der Waals surface area contributed by atoms with Gasteiger partial charge in [-0.1, -0.05) is 0 Å². The van der Waals surface area contributed by atoms with Crippen molar-refractivity contribution in [1.29, 1.82) is 0 Å². The summed E-state index contributed by atoms with van der Waals surface area (Å²) in [4.78, 5) is 0. The molecule has 1 unspecified atom stereocenters. The van der Waals surface area contributed by atoms with E-state index in [1.807, 2.05) is 0 Å². The van der Waals surface area contributed by atoms with Crippen molar-refractivity contribution in [3.05, 3.63) is 0 Å². The largest absolute Gasteiger partial charge is 0.771 e. The van der Waals surface area contributed by atoms with Crippen molar-refractivity contribution in [2.75, 3.05) is 0 Å². The van der Waals surface area contributed by atoms with Gasteiger partial charge in [-0.05, 0) is 6.92 Å². The highest BCUT2D eigenvalue weighted by molar-refractivity contribution is 6.27. The molecule has 1 fully saturated rings. The molecular formula is C3H6O5Si. The summed E-state index contributed by atoms with van der Waals surface area (Å²) in [5.74, 6) is -2.37. The molecule has 1 aliphatic rings. The predicted octanol–water partition coefficient (Wildman–Crippen LogP) is -1.52. The zero-order valence-electron chi connectivity index (χ0n) is 4.70. The van der Waals surface area contributed by atoms with E-state index in [9.17, 15) is 4.46 Å². The van der Waals surface area contributed by atoms with E-state index in [2.05, 4.69) is 8.85 Å². The standard InChI is InChI=1S/C3H6O5Si/c1-2-3(4,5)8-9(6)7-2/h2,4-5H,1H3. The van der Waals surface area contributed by atoms with Crippen LogP contribution < -0.4 is 0 Å². The summed E-state index contributed by atoms with van der Waals surface area (Å²) in [6, 6.07) is 0. The number of hydrogen-bond acceptors (Lipinski definition) is 5. The monoisotopic (exact) mass is 150 g/mol. The molecule has 0 bridgehead atoms. The molecule has 6 heteroatoms. The summed E-state index contributed by atoms with van der Waals surface area (Å²) in [6.07, 6.45) is -0.941. The van der Waals surface area contributed by atoms with Crippen LogP contribution in [0.25, 0.3) is 0 Å². The van der Waals surface area contributed by atoms with Crippen LogP contribution in [0.5, 0.6) is 0 Å². The smallest absolute Gasteiger partial charge is 0.484 e. The van der Waals surface area contributed by atoms with Gasteiger partial charge >= 0.3 is 15.1 Å². The lowest BCUT2D eigenvalue weighted by Crippen LogP contribution is -2.37. The third-order valence-electron chi connectivity index (χ3n) is 1.04. The van der Waals surface area contributed by atoms with Crippen LogP contribution in [0.3, 0.4) is 0 Å². The fourth-order valence-corrected chi connectivity index (χ4v) is 1.35. The van der Waals surface area contributed by atoms with Crippen LogP contribution in [0.1, 0.15) is 6.92 Å². The van der Waals surface area contributed by atoms with Gasteiger partial charge < -0.3 is 19.1 Å². The molecule has 52 valence electrons. The van der Waals surface area contributed by atoms with E-state index in [-0.39, 0.29) is 0 Å². The van der Waals surface area contributed by atoms with Crippen LogP contribution in [0, 0.1) is 0 Å². The van der Waals surface area contributed by atoms with E-state index in [0.717, 1.165) is 0 Å². The molecule has 1 aliphatic heterocycles. The van der Waals surface area contributed by atoms with Gasteiger partial charge in [-0.15, -0.1) is 0 Å². The van der Waals surface area contributed by atoms with Crippen molar-refractivity contribution in [2.24, 2.45) is 0 Å². The molecule has 9 heavy (non-hydrogen) atoms. The molecule has 0 aromatic rings. The van der Waals surface area contributed by atoms with E-state index >= 15 is 0 Å². The fraction of sp³-hybridized carbons (Fsp3) is 1.00. The highest BCUT2D eigenvalue weighted by Crippen LogP contribution is 2.18. The van der Waals surface area contributed by atoms with Crippen molar-refractivity contribution >= 4 is 9.17 Å². The summed E-state index contributed by atoms with van der Waals surface area (Å²) in [6.45, 7) is 1.36. The Balaban J connectivity index is 2.69. The second kappa shape index (κ2) is 1.76. The summed E-state index contributed by atoms with van der Waals surface area (Å²) in [5.41, 5.74) is 0. The summed E-state index contributed by atoms with van der Waals surface area (Å²) < 4.78 is 18.8. The minimum atomic E-state index is -2.66. The lowest BCUT2D eigenvalue weighted by atomic mass is 10.3. The lowest BCUT2D eigenvalue weighted by molar-refractivity contribution is -0.303. The first kappa shape index (κ1) is 6.65. The molecule has 0 amide bonds. The SMILES string of the molecule is CC1O[Si](=O)OC1(O)O. The van der Waals surface area contributed by atoms with Gasteiger partial charge in [0.1, 0.15) is 0 Å². The number of aliphatic hydroxyl groups is 2. The minimum Gasteiger partial charge on any atom is -0.484 e. The Morgan fingerprint density at radius 3 is 2.33 bits per heavy atom. The maximum Gasteiger partial charge on any atom is 0.771 e. The molecule has 0 aromatic carbocycles. The van der Waals surface area contributed by atoms with Crippen LogP contribution in [-0.4, -0.2) is 31.5 Å². The van der Waals surface area contributed by atoms with Gasteiger partial charge in [0.05, 0.1) is 0 Å². The Hall–Kier alpha value is -0.463. The topological polar surface area (TPSA) is 76.0 Å². The van der Waals surface area contributed by atoms with Crippen LogP contribution >= 0.6 is 0 Å². The Kier molecular flexibility index (Phi) is 1.30. The van der Waals surface area contributed by atoms with Crippen LogP contribution in [0.4, 0.5) is 0 Å². The zero-order chi connectivity index (χ0) is 7.07. The van der Waals surface area contributed by atoms with E-state index < -0.39 is 21.2 Å². The normalized spacial score (nSPS) is 31.4. The molecule has 1 atom stereocenters. The quantitative estimate of drug-likeness (QED) is 0.324. The molecule has 0 aliphatic carbocycles. The molecule has 5 nitrogen and oxygen atoms in total. The fourth-order valence-electron chi connectivity index (χ4n) is 0.451. The molecule has 1 heterocycles. The highest BCUT2D eigenvalue weighted by atomic mass is 28.3. The molecule has 0 saturated carbocycles. The predicted molar refractivity (Wildman–Crippen MR) is 25.2 cm³/mol. The maximum absolute atomic E-state index is 10.3. The van der Waals surface area contributed by atoms with Crippen LogP contribution in [0.2, 0.25) is 0 Å². The first-order valence-electron chi connectivity index (χ1n) is 2.37. The van der Waals surface area contributed by atoms with Crippen LogP contribution in [-0.2, 0) is 13.3 Å². The Labute approximate surface area is 52.7 Å². The molecule has 1 saturated heterocycles. The molecule has 2 N–H and O–H groups in total. The Morgan fingerprint density at radius 2 is 2.22 bits per heavy atom. The number of hydrogen-bond donors (Lipinski definition) is 2. The van der Waals surface area contributed by atoms with E-state index in [4.69, 9.17) is 10.2 Å². The van der Waals surface area contributed by atoms with Gasteiger partial charge in [0.2, 0.25) is 0 Å². The molecule has 0 spiro atoms. The minimum absolute atomic E-state index is 0.941. The second-order valence-electron chi connectivity index (χ2n) is 1.77. The van der Waals surface area contributed by atoms with Crippen molar-refractivity contribution in [1.82, 2.24) is 0 Å². The van der Waals surface area contributed by atoms with Gasteiger partial charge in [-0.2, -0.15) is 0 Å². The molecule has 0 radical (unpaired) electrons. The third-order valence-corrected chi connectivity index (χ3v) is 2.05. The van der Waals surface area contributed by atoms with Gasteiger partial charge in [-0.3, -0.25) is 4.46 Å². The Bertz CT molecular complexity index is 143. The Morgan fingerprint density at radius 1 is 1.67 bits per heavy atom. The van der Waals surface area contributed by atoms with Crippen molar-refractivity contribution < 1.29 is 23.5 Å². The maximum atomic E-state index is 10.3. The summed E-state index contributed by atoms with van der Waals surface area (Å²) in [7, 11) is -2.66. The molecule has 0 aromatic heterocycles. The third kappa shape index (κ3) is 1.09. The molecular weight excluding hydrogens is 144 g/mol. The highest BCUT2D eigenvalue weighted by Gasteiger charge is 2.47. The zero-order valence-corrected chi connectivity index (χ0v) is 5.70. The molecule has 1 rings (SSSR count). The first-order valence-corrected chi connectivity index (χ1v) is 3.59. The first-order chi connectivity index (χ1) is 4.02. The van der Waals surface area contributed by atoms with E-state index in [1.54, 1.807) is 0 Å². The van der Waals surface area contributed by atoms with Gasteiger partial charge in [0.15, 0.2) is 6.10 Å². The van der Waals surface area contributed by atoms with Gasteiger partial charge in [0.25, 0.3) is 0 Å².